The molecule has 232 valence electrons. The molecule has 0 spiro atoms. The summed E-state index contributed by atoms with van der Waals surface area (Å²) >= 11 is 0. The molecule has 0 aromatic heterocycles. The van der Waals surface area contributed by atoms with E-state index in [0.29, 0.717) is 11.1 Å². The Kier molecular flexibility index (Phi) is 15.1. The topological polar surface area (TPSA) is 210 Å². The number of ketones is 2. The Labute approximate surface area is 301 Å². The van der Waals surface area contributed by atoms with Crippen LogP contribution in [0.4, 0.5) is 11.4 Å². The van der Waals surface area contributed by atoms with E-state index in [1.54, 1.807) is 72.8 Å². The summed E-state index contributed by atoms with van der Waals surface area (Å²) in [6.45, 7) is 2.39. The molecule has 0 fully saturated rings. The van der Waals surface area contributed by atoms with Crippen LogP contribution in [0.15, 0.2) is 141 Å². The molecule has 0 amide bonds. The van der Waals surface area contributed by atoms with E-state index in [1.807, 2.05) is 0 Å². The first kappa shape index (κ1) is 37.9. The number of carboxylic acids is 2. The van der Waals surface area contributed by atoms with Gasteiger partial charge < -0.3 is 30.0 Å². The third-order valence-electron chi connectivity index (χ3n) is 5.93. The monoisotopic (exact) mass is 848 g/mol. The molecule has 0 bridgehead atoms. The molecule has 0 radical (unpaired) electrons. The second-order valence-electron chi connectivity index (χ2n) is 9.21. The number of hydrogen-bond acceptors (Lipinski definition) is 12. The maximum atomic E-state index is 12.3. The van der Waals surface area contributed by atoms with Crippen LogP contribution in [0.1, 0.15) is 45.7 Å². The number of benzene rings is 4. The van der Waals surface area contributed by atoms with Crippen molar-refractivity contribution in [3.05, 3.63) is 143 Å². The Morgan fingerprint density at radius 3 is 1.06 bits per heavy atom. The zero-order valence-electron chi connectivity index (χ0n) is 24.9. The van der Waals surface area contributed by atoms with Crippen molar-refractivity contribution in [1.29, 1.82) is 0 Å². The normalized spacial score (nSPS) is 11.8. The van der Waals surface area contributed by atoms with Crippen molar-refractivity contribution in [3.63, 3.8) is 0 Å². The molecular weight excluding hydrogens is 824 g/mol. The first-order valence-corrected chi connectivity index (χ1v) is 13.4. The van der Waals surface area contributed by atoms with Gasteiger partial charge in [0, 0.05) is 25.0 Å². The zero-order chi connectivity index (χ0) is 33.6. The molecule has 0 saturated heterocycles. The molecule has 0 aliphatic heterocycles. The molecule has 0 saturated carbocycles. The number of nitrogens with zero attached hydrogens (tertiary/aromatic N) is 4. The molecule has 12 nitrogen and oxygen atoms in total. The summed E-state index contributed by atoms with van der Waals surface area (Å²) in [5.41, 5.74) is -0.486. The van der Waals surface area contributed by atoms with Crippen LogP contribution in [-0.2, 0) is 9.59 Å². The number of carbonyl (C=O) groups excluding carboxylic acids is 4. The molecule has 0 aliphatic rings. The van der Waals surface area contributed by atoms with Crippen molar-refractivity contribution < 1.29 is 79.5 Å². The van der Waals surface area contributed by atoms with Crippen LogP contribution in [0, 0.1) is 39.9 Å². The predicted octanol–water partition coefficient (Wildman–Crippen LogP) is 2.90. The number of aromatic carboxylic acids is 2. The standard InChI is InChI=1S/2C17H14N2O4.Th/c2*1-11(20)15(16(21)12-7-3-2-4-8-12)19-18-14-10-6-5-9-13(14)17(22)23;/h2*2-10,21H,1H3,(H,22,23);/q;;+4/p-4/b2*16-15-,19-18?;. The number of carboxylic acid groups (broad SMARTS) is 2. The fraction of sp³-hybridized carbons (Fsp3) is 0.0588. The smallest absolute Gasteiger partial charge is 0.870 e. The molecule has 0 unspecified atom stereocenters. The van der Waals surface area contributed by atoms with E-state index in [1.165, 1.54) is 50.2 Å². The molecule has 0 aliphatic carbocycles. The van der Waals surface area contributed by atoms with Gasteiger partial charge in [-0.1, -0.05) is 109 Å². The van der Waals surface area contributed by atoms with Crippen LogP contribution in [0.25, 0.3) is 11.5 Å². The minimum Gasteiger partial charge on any atom is -0.870 e. The van der Waals surface area contributed by atoms with Gasteiger partial charge in [0.2, 0.25) is 0 Å². The van der Waals surface area contributed by atoms with E-state index in [9.17, 15) is 39.6 Å². The fourth-order valence-electron chi connectivity index (χ4n) is 3.68. The summed E-state index contributed by atoms with van der Waals surface area (Å²) in [5, 5.41) is 61.3. The van der Waals surface area contributed by atoms with E-state index in [0.717, 1.165) is 0 Å². The number of rotatable bonds is 10. The van der Waals surface area contributed by atoms with Crippen LogP contribution >= 0.6 is 0 Å². The third kappa shape index (κ3) is 11.0. The van der Waals surface area contributed by atoms with Gasteiger partial charge >= 0.3 is 39.9 Å². The van der Waals surface area contributed by atoms with Crippen molar-refractivity contribution in [2.45, 2.75) is 13.8 Å². The quantitative estimate of drug-likeness (QED) is 0.131. The van der Waals surface area contributed by atoms with Crippen LogP contribution in [0.2, 0.25) is 0 Å². The molecule has 4 aromatic carbocycles. The minimum atomic E-state index is -1.42. The second kappa shape index (κ2) is 18.7. The minimum absolute atomic E-state index is 0. The Morgan fingerprint density at radius 2 is 0.766 bits per heavy atom. The predicted molar refractivity (Wildman–Crippen MR) is 159 cm³/mol. The van der Waals surface area contributed by atoms with Gasteiger partial charge in [0.15, 0.2) is 11.6 Å². The molecule has 4 rings (SSSR count). The first-order valence-electron chi connectivity index (χ1n) is 13.4. The number of hydrogen-bond donors (Lipinski definition) is 0. The summed E-state index contributed by atoms with van der Waals surface area (Å²) in [5.74, 6) is -5.11. The maximum Gasteiger partial charge on any atom is 4.00 e. The van der Waals surface area contributed by atoms with Crippen LogP contribution < -0.4 is 20.4 Å². The van der Waals surface area contributed by atoms with Crippen LogP contribution in [0.5, 0.6) is 0 Å². The van der Waals surface area contributed by atoms with E-state index < -0.39 is 35.0 Å². The average molecular weight is 849 g/mol. The number of allylic oxidation sites excluding steroid dienone is 2. The molecular formula is C34H24N4O8Th. The Balaban J connectivity index is 0.000000320. The van der Waals surface area contributed by atoms with Gasteiger partial charge in [0.25, 0.3) is 0 Å². The SMILES string of the molecule is CC(=O)/C(N=Nc1ccccc1C(=O)[O-])=C(/[O-])c1ccccc1.CC(=O)/C(N=Nc1ccccc1C(=O)[O-])=C(/[O-])c1ccccc1.[Th+4]. The zero-order valence-corrected chi connectivity index (χ0v) is 29.1. The summed E-state index contributed by atoms with van der Waals surface area (Å²) in [7, 11) is 0. The largest absolute Gasteiger partial charge is 4.00 e. The third-order valence-corrected chi connectivity index (χ3v) is 5.93. The summed E-state index contributed by atoms with van der Waals surface area (Å²) in [4.78, 5) is 45.3. The molecule has 0 atom stereocenters. The van der Waals surface area contributed by atoms with E-state index >= 15 is 0 Å². The van der Waals surface area contributed by atoms with Crippen molar-refractivity contribution in [2.24, 2.45) is 20.5 Å². The fourth-order valence-corrected chi connectivity index (χ4v) is 3.68. The van der Waals surface area contributed by atoms with Crippen molar-refractivity contribution in [2.75, 3.05) is 0 Å². The molecule has 0 heterocycles. The Morgan fingerprint density at radius 1 is 0.468 bits per heavy atom. The van der Waals surface area contributed by atoms with Gasteiger partial charge in [0.05, 0.1) is 23.3 Å². The van der Waals surface area contributed by atoms with Crippen molar-refractivity contribution in [1.82, 2.24) is 0 Å². The average Bonchev–Trinajstić information content (AvgIpc) is 3.05. The van der Waals surface area contributed by atoms with E-state index in [2.05, 4.69) is 20.5 Å². The van der Waals surface area contributed by atoms with E-state index in [4.69, 9.17) is 0 Å². The molecule has 13 heteroatoms. The van der Waals surface area contributed by atoms with Crippen molar-refractivity contribution in [3.8, 4) is 0 Å². The van der Waals surface area contributed by atoms with Crippen LogP contribution in [-0.4, -0.2) is 23.5 Å². The van der Waals surface area contributed by atoms with Gasteiger partial charge in [-0.15, -0.1) is 20.5 Å². The Bertz CT molecular complexity index is 1730. The molecule has 4 aromatic rings. The van der Waals surface area contributed by atoms with Gasteiger partial charge in [-0.2, -0.15) is 0 Å². The molecule has 0 N–H and O–H groups in total. The Hall–Kier alpha value is -5.24. The number of azo groups is 2. The van der Waals surface area contributed by atoms with Gasteiger partial charge in [-0.3, -0.25) is 9.59 Å². The molecule has 47 heavy (non-hydrogen) atoms. The van der Waals surface area contributed by atoms with Crippen LogP contribution in [0.3, 0.4) is 0 Å². The van der Waals surface area contributed by atoms with Gasteiger partial charge in [-0.05, 0) is 23.3 Å². The second-order valence-corrected chi connectivity index (χ2v) is 9.21. The van der Waals surface area contributed by atoms with E-state index in [-0.39, 0.29) is 73.8 Å². The maximum absolute atomic E-state index is 12.3. The number of carbonyl (C=O) groups is 4. The summed E-state index contributed by atoms with van der Waals surface area (Å²) in [6, 6.07) is 27.9. The van der Waals surface area contributed by atoms with Gasteiger partial charge in [0.1, 0.15) is 11.4 Å². The first-order chi connectivity index (χ1) is 22.0. The number of Topliss-reactive ketones (excluding diaryl/α,β-unsaturated/α-hetero) is 2. The summed E-state index contributed by atoms with van der Waals surface area (Å²) in [6.07, 6.45) is 0. The van der Waals surface area contributed by atoms with Crippen molar-refractivity contribution >= 4 is 46.4 Å². The summed E-state index contributed by atoms with van der Waals surface area (Å²) < 4.78 is 0. The van der Waals surface area contributed by atoms with Gasteiger partial charge in [-0.25, -0.2) is 0 Å².